The Kier molecular flexibility index (Phi) is 4.37. The molecule has 1 heterocycles. The first kappa shape index (κ1) is 12.4. The number of nitrogens with one attached hydrogen (secondary N) is 1. The van der Waals surface area contributed by atoms with Crippen LogP contribution in [0.4, 0.5) is 5.82 Å². The third-order valence-electron chi connectivity index (χ3n) is 3.57. The van der Waals surface area contributed by atoms with Crippen LogP contribution in [-0.2, 0) is 0 Å². The summed E-state index contributed by atoms with van der Waals surface area (Å²) in [5.74, 6) is 1.33. The lowest BCUT2D eigenvalue weighted by Gasteiger charge is -2.26. The summed E-state index contributed by atoms with van der Waals surface area (Å²) in [6.45, 7) is 2.59. The average Bonchev–Trinajstić information content (AvgIpc) is 2.37. The fourth-order valence-corrected chi connectivity index (χ4v) is 2.54. The molecule has 94 valence electrons. The van der Waals surface area contributed by atoms with Gasteiger partial charge < -0.3 is 10.4 Å². The highest BCUT2D eigenvalue weighted by atomic mass is 16.3. The molecule has 1 fully saturated rings. The van der Waals surface area contributed by atoms with E-state index in [-0.39, 0.29) is 6.10 Å². The van der Waals surface area contributed by atoms with Crippen LogP contribution in [0.15, 0.2) is 18.2 Å². The topological polar surface area (TPSA) is 45.1 Å². The van der Waals surface area contributed by atoms with Crippen molar-refractivity contribution in [1.29, 1.82) is 0 Å². The lowest BCUT2D eigenvalue weighted by Crippen LogP contribution is -2.30. The highest BCUT2D eigenvalue weighted by Crippen LogP contribution is 2.26. The number of aliphatic hydroxyl groups is 1. The zero-order chi connectivity index (χ0) is 12.1. The minimum Gasteiger partial charge on any atom is -0.391 e. The SMILES string of the molecule is Cc1cccc(NCC(O)C2CCCCC2)n1. The van der Waals surface area contributed by atoms with E-state index >= 15 is 0 Å². The lowest BCUT2D eigenvalue weighted by atomic mass is 9.85. The second-order valence-corrected chi connectivity index (χ2v) is 5.01. The number of rotatable bonds is 4. The van der Waals surface area contributed by atoms with E-state index in [1.165, 1.54) is 32.1 Å². The molecule has 3 heteroatoms. The molecule has 0 aliphatic heterocycles. The smallest absolute Gasteiger partial charge is 0.126 e. The van der Waals surface area contributed by atoms with Crippen molar-refractivity contribution in [3.63, 3.8) is 0 Å². The summed E-state index contributed by atoms with van der Waals surface area (Å²) >= 11 is 0. The maximum atomic E-state index is 10.1. The Labute approximate surface area is 103 Å². The Bertz CT molecular complexity index is 348. The van der Waals surface area contributed by atoms with Crippen LogP contribution in [0, 0.1) is 12.8 Å². The van der Waals surface area contributed by atoms with Gasteiger partial charge in [-0.2, -0.15) is 0 Å². The van der Waals surface area contributed by atoms with Crippen LogP contribution >= 0.6 is 0 Å². The van der Waals surface area contributed by atoms with Crippen molar-refractivity contribution in [3.05, 3.63) is 23.9 Å². The molecule has 2 N–H and O–H groups in total. The molecular weight excluding hydrogens is 212 g/mol. The van der Waals surface area contributed by atoms with Crippen LogP contribution in [0.2, 0.25) is 0 Å². The summed E-state index contributed by atoms with van der Waals surface area (Å²) in [7, 11) is 0. The van der Waals surface area contributed by atoms with Gasteiger partial charge in [0, 0.05) is 12.2 Å². The molecule has 1 atom stereocenters. The fraction of sp³-hybridized carbons (Fsp3) is 0.643. The fourth-order valence-electron chi connectivity index (χ4n) is 2.54. The molecule has 1 aliphatic carbocycles. The molecule has 0 saturated heterocycles. The Morgan fingerprint density at radius 2 is 2.12 bits per heavy atom. The van der Waals surface area contributed by atoms with Crippen molar-refractivity contribution < 1.29 is 5.11 Å². The minimum atomic E-state index is -0.238. The normalized spacial score (nSPS) is 18.9. The largest absolute Gasteiger partial charge is 0.391 e. The van der Waals surface area contributed by atoms with Crippen LogP contribution < -0.4 is 5.32 Å². The number of aliphatic hydroxyl groups excluding tert-OH is 1. The molecular formula is C14H22N2O. The molecule has 1 aliphatic rings. The Morgan fingerprint density at radius 1 is 1.35 bits per heavy atom. The summed E-state index contributed by atoms with van der Waals surface area (Å²) in [4.78, 5) is 4.37. The first-order chi connectivity index (χ1) is 8.25. The molecule has 0 radical (unpaired) electrons. The molecule has 2 rings (SSSR count). The summed E-state index contributed by atoms with van der Waals surface area (Å²) in [6.07, 6.45) is 5.97. The number of aryl methyl sites for hydroxylation is 1. The van der Waals surface area contributed by atoms with Crippen molar-refractivity contribution in [2.75, 3.05) is 11.9 Å². The van der Waals surface area contributed by atoms with E-state index in [4.69, 9.17) is 0 Å². The molecule has 17 heavy (non-hydrogen) atoms. The zero-order valence-electron chi connectivity index (χ0n) is 10.5. The van der Waals surface area contributed by atoms with Crippen LogP contribution in [0.3, 0.4) is 0 Å². The van der Waals surface area contributed by atoms with Crippen molar-refractivity contribution in [1.82, 2.24) is 4.98 Å². The van der Waals surface area contributed by atoms with Gasteiger partial charge >= 0.3 is 0 Å². The minimum absolute atomic E-state index is 0.238. The maximum Gasteiger partial charge on any atom is 0.126 e. The molecule has 1 aromatic rings. The average molecular weight is 234 g/mol. The van der Waals surface area contributed by atoms with Gasteiger partial charge in [-0.3, -0.25) is 0 Å². The highest BCUT2D eigenvalue weighted by Gasteiger charge is 2.21. The van der Waals surface area contributed by atoms with Gasteiger partial charge in [-0.25, -0.2) is 4.98 Å². The molecule has 0 aromatic carbocycles. The van der Waals surface area contributed by atoms with Crippen LogP contribution in [-0.4, -0.2) is 22.7 Å². The number of hydrogen-bond donors (Lipinski definition) is 2. The van der Waals surface area contributed by atoms with E-state index in [0.29, 0.717) is 12.5 Å². The number of nitrogens with zero attached hydrogens (tertiary/aromatic N) is 1. The van der Waals surface area contributed by atoms with Crippen LogP contribution in [0.5, 0.6) is 0 Å². The third-order valence-corrected chi connectivity index (χ3v) is 3.57. The summed E-state index contributed by atoms with van der Waals surface area (Å²) < 4.78 is 0. The van der Waals surface area contributed by atoms with Gasteiger partial charge in [-0.15, -0.1) is 0 Å². The number of aromatic nitrogens is 1. The van der Waals surface area contributed by atoms with Crippen molar-refractivity contribution in [2.45, 2.75) is 45.1 Å². The van der Waals surface area contributed by atoms with Crippen LogP contribution in [0.25, 0.3) is 0 Å². The predicted octanol–water partition coefficient (Wildman–Crippen LogP) is 2.74. The van der Waals surface area contributed by atoms with Gasteiger partial charge in [0.2, 0.25) is 0 Å². The van der Waals surface area contributed by atoms with Crippen molar-refractivity contribution in [2.24, 2.45) is 5.92 Å². The van der Waals surface area contributed by atoms with Gasteiger partial charge in [0.15, 0.2) is 0 Å². The number of hydrogen-bond acceptors (Lipinski definition) is 3. The molecule has 3 nitrogen and oxygen atoms in total. The number of pyridine rings is 1. The van der Waals surface area contributed by atoms with E-state index in [1.54, 1.807) is 0 Å². The summed E-state index contributed by atoms with van der Waals surface area (Å²) in [5, 5.41) is 13.3. The first-order valence-electron chi connectivity index (χ1n) is 6.61. The van der Waals surface area contributed by atoms with E-state index in [0.717, 1.165) is 11.5 Å². The summed E-state index contributed by atoms with van der Waals surface area (Å²) in [5.41, 5.74) is 1.00. The van der Waals surface area contributed by atoms with Crippen molar-refractivity contribution >= 4 is 5.82 Å². The van der Waals surface area contributed by atoms with E-state index < -0.39 is 0 Å². The van der Waals surface area contributed by atoms with Gasteiger partial charge in [0.25, 0.3) is 0 Å². The van der Waals surface area contributed by atoms with Crippen molar-refractivity contribution in [3.8, 4) is 0 Å². The lowest BCUT2D eigenvalue weighted by molar-refractivity contribution is 0.0956. The number of anilines is 1. The standard InChI is InChI=1S/C14H22N2O/c1-11-6-5-9-14(16-11)15-10-13(17)12-7-3-2-4-8-12/h5-6,9,12-13,17H,2-4,7-8,10H2,1H3,(H,15,16). The third kappa shape index (κ3) is 3.70. The van der Waals surface area contributed by atoms with Gasteiger partial charge in [-0.1, -0.05) is 25.3 Å². The zero-order valence-corrected chi connectivity index (χ0v) is 10.5. The second-order valence-electron chi connectivity index (χ2n) is 5.01. The van der Waals surface area contributed by atoms with E-state index in [1.807, 2.05) is 25.1 Å². The Balaban J connectivity index is 1.80. The van der Waals surface area contributed by atoms with Gasteiger partial charge in [-0.05, 0) is 37.8 Å². The molecule has 0 spiro atoms. The Hall–Kier alpha value is -1.09. The maximum absolute atomic E-state index is 10.1. The van der Waals surface area contributed by atoms with E-state index in [2.05, 4.69) is 10.3 Å². The summed E-state index contributed by atoms with van der Waals surface area (Å²) in [6, 6.07) is 5.90. The van der Waals surface area contributed by atoms with E-state index in [9.17, 15) is 5.11 Å². The molecule has 0 bridgehead atoms. The van der Waals surface area contributed by atoms with Gasteiger partial charge in [0.05, 0.1) is 6.10 Å². The monoisotopic (exact) mass is 234 g/mol. The first-order valence-corrected chi connectivity index (χ1v) is 6.61. The molecule has 0 amide bonds. The predicted molar refractivity (Wildman–Crippen MR) is 70.0 cm³/mol. The quantitative estimate of drug-likeness (QED) is 0.842. The highest BCUT2D eigenvalue weighted by molar-refractivity contribution is 5.35. The Morgan fingerprint density at radius 3 is 2.82 bits per heavy atom. The molecule has 1 aromatic heterocycles. The van der Waals surface area contributed by atoms with Gasteiger partial charge in [0.1, 0.15) is 5.82 Å². The van der Waals surface area contributed by atoms with Crippen LogP contribution in [0.1, 0.15) is 37.8 Å². The molecule has 1 saturated carbocycles. The second kappa shape index (κ2) is 6.01. The molecule has 1 unspecified atom stereocenters.